The molecule has 0 bridgehead atoms. The van der Waals surface area contributed by atoms with E-state index in [0.29, 0.717) is 12.1 Å². The zero-order valence-corrected chi connectivity index (χ0v) is 13.5. The van der Waals surface area contributed by atoms with Crippen molar-refractivity contribution in [1.29, 1.82) is 0 Å². The number of carbonyl (C=O) groups excluding carboxylic acids is 1. The van der Waals surface area contributed by atoms with Gasteiger partial charge in [-0.25, -0.2) is 0 Å². The van der Waals surface area contributed by atoms with Gasteiger partial charge in [0.25, 0.3) is 5.91 Å². The van der Waals surface area contributed by atoms with Gasteiger partial charge in [-0.1, -0.05) is 18.2 Å². The minimum atomic E-state index is -0.166. The van der Waals surface area contributed by atoms with Gasteiger partial charge in [0.15, 0.2) is 0 Å². The molecule has 24 heavy (non-hydrogen) atoms. The number of nitrogens with zero attached hydrogens (tertiary/aromatic N) is 1. The van der Waals surface area contributed by atoms with Crippen molar-refractivity contribution in [3.05, 3.63) is 77.8 Å². The molecule has 0 aliphatic rings. The van der Waals surface area contributed by atoms with Crippen LogP contribution in [-0.2, 0) is 6.54 Å². The quantitative estimate of drug-likeness (QED) is 0.598. The topological polar surface area (TPSA) is 55.1 Å². The number of rotatable bonds is 4. The fourth-order valence-electron chi connectivity index (χ4n) is 2.60. The molecule has 1 amide bonds. The Morgan fingerprint density at radius 3 is 2.96 bits per heavy atom. The minimum absolute atomic E-state index is 0.166. The van der Waals surface area contributed by atoms with Crippen molar-refractivity contribution in [1.82, 2.24) is 10.3 Å². The van der Waals surface area contributed by atoms with Gasteiger partial charge in [0.1, 0.15) is 5.76 Å². The number of pyridine rings is 1. The lowest BCUT2D eigenvalue weighted by Crippen LogP contribution is -2.22. The fourth-order valence-corrected chi connectivity index (χ4v) is 3.57. The second-order valence-corrected chi connectivity index (χ2v) is 6.28. The van der Waals surface area contributed by atoms with Gasteiger partial charge in [-0.05, 0) is 29.6 Å². The number of thiophene rings is 1. The molecule has 4 aromatic rings. The summed E-state index contributed by atoms with van der Waals surface area (Å²) in [6, 6.07) is 13.7. The summed E-state index contributed by atoms with van der Waals surface area (Å²) in [4.78, 5) is 16.6. The maximum atomic E-state index is 12.3. The number of nitrogens with one attached hydrogen (secondary N) is 1. The van der Waals surface area contributed by atoms with Crippen molar-refractivity contribution in [2.24, 2.45) is 0 Å². The van der Waals surface area contributed by atoms with E-state index in [9.17, 15) is 4.79 Å². The molecule has 0 saturated heterocycles. The van der Waals surface area contributed by atoms with Crippen molar-refractivity contribution < 1.29 is 9.21 Å². The van der Waals surface area contributed by atoms with Crippen LogP contribution in [-0.4, -0.2) is 10.9 Å². The van der Waals surface area contributed by atoms with Gasteiger partial charge in [0.2, 0.25) is 0 Å². The molecule has 0 spiro atoms. The average molecular weight is 334 g/mol. The molecular weight excluding hydrogens is 320 g/mol. The first-order chi connectivity index (χ1) is 11.8. The monoisotopic (exact) mass is 334 g/mol. The third kappa shape index (κ3) is 2.81. The zero-order chi connectivity index (χ0) is 16.4. The normalized spacial score (nSPS) is 10.8. The van der Waals surface area contributed by atoms with Crippen molar-refractivity contribution >= 4 is 27.3 Å². The van der Waals surface area contributed by atoms with E-state index in [1.165, 1.54) is 10.1 Å². The predicted molar refractivity (Wildman–Crippen MR) is 94.9 cm³/mol. The first kappa shape index (κ1) is 14.7. The van der Waals surface area contributed by atoms with E-state index < -0.39 is 0 Å². The highest BCUT2D eigenvalue weighted by Crippen LogP contribution is 2.33. The summed E-state index contributed by atoms with van der Waals surface area (Å²) in [5.41, 5.74) is 2.58. The fraction of sp³-hybridized carbons (Fsp3) is 0.0526. The summed E-state index contributed by atoms with van der Waals surface area (Å²) in [7, 11) is 0. The van der Waals surface area contributed by atoms with Gasteiger partial charge >= 0.3 is 0 Å². The number of benzene rings is 1. The number of carbonyl (C=O) groups is 1. The van der Waals surface area contributed by atoms with E-state index in [4.69, 9.17) is 4.42 Å². The predicted octanol–water partition coefficient (Wildman–Crippen LogP) is 4.49. The van der Waals surface area contributed by atoms with Crippen LogP contribution in [0.1, 0.15) is 16.1 Å². The number of hydrogen-bond acceptors (Lipinski definition) is 4. The summed E-state index contributed by atoms with van der Waals surface area (Å²) >= 11 is 1.69. The van der Waals surface area contributed by atoms with E-state index in [-0.39, 0.29) is 5.91 Å². The second kappa shape index (κ2) is 6.29. The molecule has 4 nitrogen and oxygen atoms in total. The van der Waals surface area contributed by atoms with E-state index in [1.807, 2.05) is 24.3 Å². The van der Waals surface area contributed by atoms with Gasteiger partial charge in [-0.15, -0.1) is 11.3 Å². The maximum Gasteiger partial charge on any atom is 0.253 e. The molecule has 4 rings (SSSR count). The molecule has 3 aromatic heterocycles. The third-order valence-electron chi connectivity index (χ3n) is 3.80. The summed E-state index contributed by atoms with van der Waals surface area (Å²) < 4.78 is 6.44. The zero-order valence-electron chi connectivity index (χ0n) is 12.7. The molecule has 0 fully saturated rings. The SMILES string of the molecule is O=C(NCc1ccco1)c1cncc(-c2csc3ccccc23)c1. The van der Waals surface area contributed by atoms with Crippen molar-refractivity contribution in [2.75, 3.05) is 0 Å². The first-order valence-electron chi connectivity index (χ1n) is 7.53. The Morgan fingerprint density at radius 2 is 2.08 bits per heavy atom. The molecule has 0 aliphatic heterocycles. The Morgan fingerprint density at radius 1 is 1.17 bits per heavy atom. The van der Waals surface area contributed by atoms with Crippen LogP contribution < -0.4 is 5.32 Å². The number of furan rings is 1. The molecule has 0 aliphatic carbocycles. The van der Waals surface area contributed by atoms with Crippen molar-refractivity contribution in [3.8, 4) is 11.1 Å². The molecule has 3 heterocycles. The van der Waals surface area contributed by atoms with Crippen LogP contribution in [0.3, 0.4) is 0 Å². The molecule has 0 radical (unpaired) electrons. The number of hydrogen-bond donors (Lipinski definition) is 1. The van der Waals surface area contributed by atoms with Crippen LogP contribution in [0.2, 0.25) is 0 Å². The largest absolute Gasteiger partial charge is 0.467 e. The third-order valence-corrected chi connectivity index (χ3v) is 4.76. The van der Waals surface area contributed by atoms with Crippen LogP contribution >= 0.6 is 11.3 Å². The van der Waals surface area contributed by atoms with Gasteiger partial charge in [-0.2, -0.15) is 0 Å². The highest BCUT2D eigenvalue weighted by atomic mass is 32.1. The number of amides is 1. The van der Waals surface area contributed by atoms with Crippen LogP contribution in [0.4, 0.5) is 0 Å². The summed E-state index contributed by atoms with van der Waals surface area (Å²) in [6.45, 7) is 0.359. The minimum Gasteiger partial charge on any atom is -0.467 e. The van der Waals surface area contributed by atoms with Crippen LogP contribution in [0, 0.1) is 0 Å². The molecule has 0 saturated carbocycles. The van der Waals surface area contributed by atoms with Crippen molar-refractivity contribution in [3.63, 3.8) is 0 Å². The van der Waals surface area contributed by atoms with Gasteiger partial charge in [0.05, 0.1) is 18.4 Å². The second-order valence-electron chi connectivity index (χ2n) is 5.37. The Bertz CT molecular complexity index is 989. The van der Waals surface area contributed by atoms with E-state index in [0.717, 1.165) is 16.9 Å². The standard InChI is InChI=1S/C19H14N2O2S/c22-19(21-11-15-4-3-7-23-15)14-8-13(9-20-10-14)17-12-24-18-6-2-1-5-16(17)18/h1-10,12H,11H2,(H,21,22). The Hall–Kier alpha value is -2.92. The van der Waals surface area contributed by atoms with E-state index >= 15 is 0 Å². The Labute approximate surface area is 142 Å². The van der Waals surface area contributed by atoms with Gasteiger partial charge in [-0.3, -0.25) is 9.78 Å². The highest BCUT2D eigenvalue weighted by molar-refractivity contribution is 7.17. The summed E-state index contributed by atoms with van der Waals surface area (Å²) in [6.07, 6.45) is 4.96. The van der Waals surface area contributed by atoms with Crippen molar-refractivity contribution in [2.45, 2.75) is 6.54 Å². The van der Waals surface area contributed by atoms with E-state index in [1.54, 1.807) is 36.1 Å². The lowest BCUT2D eigenvalue weighted by molar-refractivity contribution is 0.0947. The van der Waals surface area contributed by atoms with Gasteiger partial charge in [0, 0.05) is 33.6 Å². The molecule has 118 valence electrons. The molecule has 5 heteroatoms. The van der Waals surface area contributed by atoms with Crippen LogP contribution in [0.15, 0.2) is 70.9 Å². The molecule has 0 unspecified atom stereocenters. The summed E-state index contributed by atoms with van der Waals surface area (Å²) in [5, 5.41) is 6.12. The smallest absolute Gasteiger partial charge is 0.253 e. The maximum absolute atomic E-state index is 12.3. The van der Waals surface area contributed by atoms with E-state index in [2.05, 4.69) is 27.8 Å². The molecule has 0 atom stereocenters. The number of fused-ring (bicyclic) bond motifs is 1. The summed E-state index contributed by atoms with van der Waals surface area (Å²) in [5.74, 6) is 0.552. The first-order valence-corrected chi connectivity index (χ1v) is 8.41. The molecular formula is C19H14N2O2S. The number of aromatic nitrogens is 1. The van der Waals surface area contributed by atoms with Gasteiger partial charge < -0.3 is 9.73 Å². The lowest BCUT2D eigenvalue weighted by Gasteiger charge is -2.05. The highest BCUT2D eigenvalue weighted by Gasteiger charge is 2.11. The van der Waals surface area contributed by atoms with Crippen LogP contribution in [0.25, 0.3) is 21.2 Å². The lowest BCUT2D eigenvalue weighted by atomic mass is 10.0. The average Bonchev–Trinajstić information content (AvgIpc) is 3.29. The Kier molecular flexibility index (Phi) is 3.84. The molecule has 1 aromatic carbocycles. The van der Waals surface area contributed by atoms with Crippen LogP contribution in [0.5, 0.6) is 0 Å². The molecule has 1 N–H and O–H groups in total. The Balaban J connectivity index is 1.60.